The zero-order valence-electron chi connectivity index (χ0n) is 19.3. The van der Waals surface area contributed by atoms with Crippen LogP contribution in [-0.4, -0.2) is 64.9 Å². The Morgan fingerprint density at radius 1 is 1.34 bits per heavy atom. The number of carbonyl (C=O) groups is 2. The van der Waals surface area contributed by atoms with Crippen molar-refractivity contribution in [3.8, 4) is 0 Å². The number of β-lactam (4-membered cyclic amide) rings is 1. The van der Waals surface area contributed by atoms with Gasteiger partial charge in [-0.1, -0.05) is 16.5 Å². The molecule has 1 aliphatic carbocycles. The number of hydrogen-bond donors (Lipinski definition) is 2. The fourth-order valence-electron chi connectivity index (χ4n) is 4.32. The topological polar surface area (TPSA) is 123 Å². The van der Waals surface area contributed by atoms with E-state index in [9.17, 15) is 9.59 Å². The second-order valence-corrected chi connectivity index (χ2v) is 11.4. The van der Waals surface area contributed by atoms with E-state index >= 15 is 0 Å². The molecular weight excluding hydrogens is 508 g/mol. The molecule has 0 radical (unpaired) electrons. The number of oxime groups is 1. The van der Waals surface area contributed by atoms with Gasteiger partial charge in [0.15, 0.2) is 23.1 Å². The fourth-order valence-corrected chi connectivity index (χ4v) is 7.20. The Labute approximate surface area is 215 Å². The number of thiazole rings is 2. The molecule has 0 bridgehead atoms. The van der Waals surface area contributed by atoms with Gasteiger partial charge in [0.25, 0.3) is 11.8 Å². The maximum absolute atomic E-state index is 13.0. The first-order chi connectivity index (χ1) is 17.0. The molecule has 13 heteroatoms. The number of methoxy groups -OCH3 is 1. The number of nitrogens with zero attached hydrogens (tertiary/aromatic N) is 4. The smallest absolute Gasteiger partial charge is 0.276 e. The number of anilines is 1. The first-order valence-electron chi connectivity index (χ1n) is 11.4. The van der Waals surface area contributed by atoms with Crippen LogP contribution in [0.1, 0.15) is 29.1 Å². The minimum Gasteiger partial charge on any atom is -0.393 e. The number of ether oxygens (including phenoxy) is 1. The van der Waals surface area contributed by atoms with Crippen LogP contribution in [0.5, 0.6) is 0 Å². The molecule has 3 aliphatic rings. The Morgan fingerprint density at radius 2 is 2.20 bits per heavy atom. The molecular formula is C22H27N6O4S3+. The molecule has 5 rings (SSSR count). The van der Waals surface area contributed by atoms with Gasteiger partial charge in [0, 0.05) is 36.4 Å². The van der Waals surface area contributed by atoms with Gasteiger partial charge in [0.1, 0.15) is 23.7 Å². The molecule has 0 spiro atoms. The molecule has 2 aliphatic heterocycles. The van der Waals surface area contributed by atoms with Crippen LogP contribution in [0.25, 0.3) is 0 Å². The lowest BCUT2D eigenvalue weighted by Crippen LogP contribution is -2.69. The van der Waals surface area contributed by atoms with Crippen LogP contribution in [0.2, 0.25) is 0 Å². The summed E-state index contributed by atoms with van der Waals surface area (Å²) < 4.78 is 7.27. The monoisotopic (exact) mass is 535 g/mol. The van der Waals surface area contributed by atoms with Crippen LogP contribution in [0.3, 0.4) is 0 Å². The molecule has 35 heavy (non-hydrogen) atoms. The zero-order valence-corrected chi connectivity index (χ0v) is 21.7. The molecule has 2 amide bonds. The van der Waals surface area contributed by atoms with Crippen molar-refractivity contribution in [2.24, 2.45) is 5.16 Å². The summed E-state index contributed by atoms with van der Waals surface area (Å²) in [7, 11) is 1.55. The molecule has 0 unspecified atom stereocenters. The lowest BCUT2D eigenvalue weighted by atomic mass is 10.0. The fraction of sp³-hybridized carbons (Fsp3) is 0.500. The van der Waals surface area contributed by atoms with E-state index in [1.165, 1.54) is 46.7 Å². The van der Waals surface area contributed by atoms with E-state index in [2.05, 4.69) is 25.5 Å². The number of rotatable bonds is 9. The summed E-state index contributed by atoms with van der Waals surface area (Å²) in [5.41, 5.74) is 10.9. The summed E-state index contributed by atoms with van der Waals surface area (Å²) >= 11 is 4.69. The van der Waals surface area contributed by atoms with Gasteiger partial charge in [-0.25, -0.2) is 4.98 Å². The van der Waals surface area contributed by atoms with Crippen molar-refractivity contribution in [2.75, 3.05) is 31.8 Å². The molecule has 2 atom stereocenters. The van der Waals surface area contributed by atoms with Crippen molar-refractivity contribution in [3.63, 3.8) is 0 Å². The molecule has 1 fully saturated rings. The van der Waals surface area contributed by atoms with Gasteiger partial charge >= 0.3 is 0 Å². The van der Waals surface area contributed by atoms with Crippen LogP contribution in [-0.2, 0) is 38.5 Å². The number of fused-ring (bicyclic) bond motifs is 2. The maximum atomic E-state index is 13.0. The number of nitrogens with one attached hydrogen (secondary N) is 1. The SMILES string of the molecule is COCCO/N=C(\C(=O)N[C@@H]1C(=O)N2C=C(C[n+]3csc4c3CCCC4)CS[C@@H]12)c1csc(N)n1. The largest absolute Gasteiger partial charge is 0.393 e. The van der Waals surface area contributed by atoms with Gasteiger partial charge in [0.05, 0.1) is 11.5 Å². The number of thioether (sulfide) groups is 1. The summed E-state index contributed by atoms with van der Waals surface area (Å²) in [6, 6.07) is -0.632. The molecule has 3 N–H and O–H groups in total. The summed E-state index contributed by atoms with van der Waals surface area (Å²) in [5, 5.41) is 8.56. The van der Waals surface area contributed by atoms with Gasteiger partial charge in [-0.3, -0.25) is 9.59 Å². The second-order valence-electron chi connectivity index (χ2n) is 8.45. The average Bonchev–Trinajstić information content (AvgIpc) is 3.48. The Balaban J connectivity index is 1.24. The lowest BCUT2D eigenvalue weighted by Gasteiger charge is -2.47. The first-order valence-corrected chi connectivity index (χ1v) is 14.2. The van der Waals surface area contributed by atoms with Crippen molar-refractivity contribution in [1.29, 1.82) is 0 Å². The van der Waals surface area contributed by atoms with Gasteiger partial charge < -0.3 is 25.5 Å². The van der Waals surface area contributed by atoms with Gasteiger partial charge in [-0.2, -0.15) is 4.57 Å². The standard InChI is InChI=1S/C22H26N6O4S3/c1-31-6-7-32-26-17(14-11-34-22(23)24-14)19(29)25-18-20(30)28-9-13(10-33-21(18)28)8-27-12-35-16-5-3-2-4-15(16)27/h9,11-12,18,21H,2-8,10H2,1H3,(H2-,23,24,25,29)/p+1/b26-17-/t18-,21+/m1/s1. The van der Waals surface area contributed by atoms with Crippen molar-refractivity contribution in [1.82, 2.24) is 15.2 Å². The van der Waals surface area contributed by atoms with Crippen molar-refractivity contribution >= 4 is 57.1 Å². The van der Waals surface area contributed by atoms with E-state index in [1.807, 2.05) is 17.5 Å². The summed E-state index contributed by atoms with van der Waals surface area (Å²) in [6.45, 7) is 1.31. The van der Waals surface area contributed by atoms with E-state index < -0.39 is 11.9 Å². The third-order valence-electron chi connectivity index (χ3n) is 6.07. The molecule has 0 aromatic carbocycles. The predicted molar refractivity (Wildman–Crippen MR) is 135 cm³/mol. The number of carbonyl (C=O) groups excluding carboxylic acids is 2. The lowest BCUT2D eigenvalue weighted by molar-refractivity contribution is -0.692. The number of aromatic nitrogens is 2. The highest BCUT2D eigenvalue weighted by atomic mass is 32.2. The van der Waals surface area contributed by atoms with E-state index in [0.717, 1.165) is 18.7 Å². The third-order valence-corrected chi connectivity index (χ3v) is 9.21. The Kier molecular flexibility index (Phi) is 7.37. The molecule has 10 nitrogen and oxygen atoms in total. The Morgan fingerprint density at radius 3 is 3.00 bits per heavy atom. The van der Waals surface area contributed by atoms with Crippen LogP contribution < -0.4 is 15.6 Å². The maximum Gasteiger partial charge on any atom is 0.276 e. The number of nitrogen functional groups attached to an aromatic ring is 1. The number of nitrogens with two attached hydrogens (primary N) is 1. The van der Waals surface area contributed by atoms with Gasteiger partial charge in [0.2, 0.25) is 5.51 Å². The van der Waals surface area contributed by atoms with Crippen LogP contribution in [0, 0.1) is 0 Å². The Hall–Kier alpha value is -2.48. The third kappa shape index (κ3) is 5.08. The normalized spacial score (nSPS) is 21.6. The number of hydrogen-bond acceptors (Lipinski definition) is 10. The van der Waals surface area contributed by atoms with E-state index in [0.29, 0.717) is 17.4 Å². The number of amides is 2. The molecule has 186 valence electrons. The van der Waals surface area contributed by atoms with Crippen molar-refractivity contribution in [3.05, 3.63) is 38.9 Å². The summed E-state index contributed by atoms with van der Waals surface area (Å²) in [4.78, 5) is 38.5. The van der Waals surface area contributed by atoms with Crippen molar-refractivity contribution < 1.29 is 23.7 Å². The molecule has 2 aromatic rings. The van der Waals surface area contributed by atoms with E-state index in [4.69, 9.17) is 15.3 Å². The van der Waals surface area contributed by atoms with Gasteiger partial charge in [-0.05, 0) is 19.3 Å². The molecule has 1 saturated heterocycles. The Bertz CT molecular complexity index is 1180. The predicted octanol–water partition coefficient (Wildman–Crippen LogP) is 1.30. The van der Waals surface area contributed by atoms with Crippen molar-refractivity contribution in [2.45, 2.75) is 43.6 Å². The molecule has 0 saturated carbocycles. The minimum absolute atomic E-state index is 0.0176. The van der Waals surface area contributed by atoms with Crippen LogP contribution in [0.15, 0.2) is 27.8 Å². The van der Waals surface area contributed by atoms with Crippen LogP contribution >= 0.6 is 34.4 Å². The average molecular weight is 536 g/mol. The second kappa shape index (κ2) is 10.6. The molecule has 2 aromatic heterocycles. The highest BCUT2D eigenvalue weighted by molar-refractivity contribution is 8.00. The quantitative estimate of drug-likeness (QED) is 0.163. The minimum atomic E-state index is -0.632. The summed E-state index contributed by atoms with van der Waals surface area (Å²) in [5.74, 6) is 0.145. The first kappa shape index (κ1) is 24.2. The molecule has 4 heterocycles. The van der Waals surface area contributed by atoms with Gasteiger partial charge in [-0.15, -0.1) is 23.1 Å². The van der Waals surface area contributed by atoms with E-state index in [1.54, 1.807) is 29.2 Å². The highest BCUT2D eigenvalue weighted by Gasteiger charge is 2.50. The zero-order chi connectivity index (χ0) is 24.4. The number of aryl methyl sites for hydroxylation is 1. The summed E-state index contributed by atoms with van der Waals surface area (Å²) in [6.07, 6.45) is 6.76. The van der Waals surface area contributed by atoms with E-state index in [-0.39, 0.29) is 23.6 Å². The highest BCUT2D eigenvalue weighted by Crippen LogP contribution is 2.36. The van der Waals surface area contributed by atoms with Crippen LogP contribution in [0.4, 0.5) is 5.13 Å².